The highest BCUT2D eigenvalue weighted by atomic mass is 79.9. The summed E-state index contributed by atoms with van der Waals surface area (Å²) in [6.07, 6.45) is 0.712. The molecule has 2 aromatic carbocycles. The van der Waals surface area contributed by atoms with Crippen LogP contribution in [0.3, 0.4) is 0 Å². The lowest BCUT2D eigenvalue weighted by atomic mass is 10.1. The third kappa shape index (κ3) is 4.35. The second-order valence-electron chi connectivity index (χ2n) is 4.24. The Labute approximate surface area is 125 Å². The fourth-order valence-corrected chi connectivity index (χ4v) is 2.19. The molecule has 104 valence electrons. The molecule has 2 amide bonds. The second kappa shape index (κ2) is 7.05. The minimum absolute atomic E-state index is 0.174. The maximum atomic E-state index is 13.3. The van der Waals surface area contributed by atoms with E-state index >= 15 is 0 Å². The van der Waals surface area contributed by atoms with Gasteiger partial charge >= 0.3 is 6.03 Å². The zero-order valence-electron chi connectivity index (χ0n) is 10.7. The molecular formula is C15H14BrFN2O. The number of hydrogen-bond donors (Lipinski definition) is 2. The van der Waals surface area contributed by atoms with Crippen molar-refractivity contribution < 1.29 is 9.18 Å². The maximum Gasteiger partial charge on any atom is 0.319 e. The van der Waals surface area contributed by atoms with Crippen molar-refractivity contribution in [3.63, 3.8) is 0 Å². The van der Waals surface area contributed by atoms with Gasteiger partial charge in [0, 0.05) is 11.0 Å². The summed E-state index contributed by atoms with van der Waals surface area (Å²) in [7, 11) is 0. The summed E-state index contributed by atoms with van der Waals surface area (Å²) >= 11 is 3.39. The molecule has 3 nitrogen and oxygen atoms in total. The van der Waals surface area contributed by atoms with Crippen LogP contribution in [0.25, 0.3) is 0 Å². The molecule has 0 spiro atoms. The van der Waals surface area contributed by atoms with Gasteiger partial charge in [-0.05, 0) is 36.2 Å². The lowest BCUT2D eigenvalue weighted by molar-refractivity contribution is 0.252. The van der Waals surface area contributed by atoms with Gasteiger partial charge in [-0.25, -0.2) is 9.18 Å². The number of carbonyl (C=O) groups excluding carboxylic acids is 1. The highest BCUT2D eigenvalue weighted by Crippen LogP contribution is 2.13. The molecule has 0 aromatic heterocycles. The van der Waals surface area contributed by atoms with Crippen molar-refractivity contribution in [2.24, 2.45) is 0 Å². The van der Waals surface area contributed by atoms with Crippen molar-refractivity contribution in [3.8, 4) is 0 Å². The monoisotopic (exact) mass is 336 g/mol. The molecule has 0 unspecified atom stereocenters. The van der Waals surface area contributed by atoms with Crippen LogP contribution in [0.15, 0.2) is 53.0 Å². The smallest absolute Gasteiger partial charge is 0.319 e. The Morgan fingerprint density at radius 3 is 2.70 bits per heavy atom. The Balaban J connectivity index is 1.80. The van der Waals surface area contributed by atoms with E-state index in [0.29, 0.717) is 13.0 Å². The first-order chi connectivity index (χ1) is 9.65. The first-order valence-electron chi connectivity index (χ1n) is 6.19. The Bertz CT molecular complexity index is 604. The molecule has 0 aliphatic heterocycles. The first kappa shape index (κ1) is 14.5. The third-order valence-corrected chi connectivity index (χ3v) is 3.20. The molecule has 2 N–H and O–H groups in total. The minimum Gasteiger partial charge on any atom is -0.338 e. The van der Waals surface area contributed by atoms with Crippen molar-refractivity contribution in [3.05, 3.63) is 64.4 Å². The summed E-state index contributed by atoms with van der Waals surface area (Å²) in [5.74, 6) is -0.449. The van der Waals surface area contributed by atoms with E-state index in [2.05, 4.69) is 26.6 Å². The van der Waals surface area contributed by atoms with Gasteiger partial charge in [0.25, 0.3) is 0 Å². The number of benzene rings is 2. The molecule has 0 saturated carbocycles. The summed E-state index contributed by atoms with van der Waals surface area (Å²) in [4.78, 5) is 11.6. The van der Waals surface area contributed by atoms with E-state index in [-0.39, 0.29) is 5.69 Å². The predicted octanol–water partition coefficient (Wildman–Crippen LogP) is 3.95. The van der Waals surface area contributed by atoms with E-state index in [1.807, 2.05) is 24.3 Å². The second-order valence-corrected chi connectivity index (χ2v) is 5.16. The number of rotatable bonds is 4. The Kier molecular flexibility index (Phi) is 5.12. The van der Waals surface area contributed by atoms with Gasteiger partial charge in [-0.2, -0.15) is 0 Å². The highest BCUT2D eigenvalue weighted by molar-refractivity contribution is 9.10. The summed E-state index contributed by atoms with van der Waals surface area (Å²) in [6.45, 7) is 0.483. The van der Waals surface area contributed by atoms with E-state index in [4.69, 9.17) is 0 Å². The van der Waals surface area contributed by atoms with Crippen LogP contribution >= 0.6 is 15.9 Å². The van der Waals surface area contributed by atoms with Gasteiger partial charge in [0.05, 0.1) is 5.69 Å². The Morgan fingerprint density at radius 1 is 1.15 bits per heavy atom. The van der Waals surface area contributed by atoms with Crippen LogP contribution in [-0.4, -0.2) is 12.6 Å². The molecule has 5 heteroatoms. The van der Waals surface area contributed by atoms with Crippen LogP contribution < -0.4 is 10.6 Å². The molecule has 0 atom stereocenters. The van der Waals surface area contributed by atoms with Gasteiger partial charge in [-0.15, -0.1) is 0 Å². The quantitative estimate of drug-likeness (QED) is 0.871. The fourth-order valence-electron chi connectivity index (χ4n) is 1.74. The fraction of sp³-hybridized carbons (Fsp3) is 0.133. The lowest BCUT2D eigenvalue weighted by Crippen LogP contribution is -2.30. The maximum absolute atomic E-state index is 13.3. The van der Waals surface area contributed by atoms with Crippen molar-refractivity contribution in [1.82, 2.24) is 5.32 Å². The van der Waals surface area contributed by atoms with Gasteiger partial charge in [0.15, 0.2) is 0 Å². The SMILES string of the molecule is O=C(NCCc1cccc(Br)c1)Nc1ccccc1F. The molecule has 0 aliphatic carbocycles. The zero-order valence-corrected chi connectivity index (χ0v) is 12.3. The van der Waals surface area contributed by atoms with Crippen LogP contribution in [0.2, 0.25) is 0 Å². The largest absolute Gasteiger partial charge is 0.338 e. The van der Waals surface area contributed by atoms with Gasteiger partial charge in [-0.1, -0.05) is 40.2 Å². The molecule has 2 rings (SSSR count). The molecule has 0 bridgehead atoms. The van der Waals surface area contributed by atoms with Crippen molar-refractivity contribution >= 4 is 27.6 Å². The van der Waals surface area contributed by atoms with Gasteiger partial charge in [0.1, 0.15) is 5.82 Å². The number of para-hydroxylation sites is 1. The molecule has 0 radical (unpaired) electrons. The van der Waals surface area contributed by atoms with E-state index in [1.165, 1.54) is 12.1 Å². The van der Waals surface area contributed by atoms with Crippen molar-refractivity contribution in [2.75, 3.05) is 11.9 Å². The molecule has 0 saturated heterocycles. The number of amides is 2. The average Bonchev–Trinajstić information content (AvgIpc) is 2.41. The predicted molar refractivity (Wildman–Crippen MR) is 81.3 cm³/mol. The molecular weight excluding hydrogens is 323 g/mol. The van der Waals surface area contributed by atoms with E-state index in [0.717, 1.165) is 10.0 Å². The third-order valence-electron chi connectivity index (χ3n) is 2.71. The number of hydrogen-bond acceptors (Lipinski definition) is 1. The van der Waals surface area contributed by atoms with Crippen LogP contribution in [0, 0.1) is 5.82 Å². The van der Waals surface area contributed by atoms with Crippen LogP contribution in [0.4, 0.5) is 14.9 Å². The zero-order chi connectivity index (χ0) is 14.4. The first-order valence-corrected chi connectivity index (χ1v) is 6.98. The summed E-state index contributed by atoms with van der Waals surface area (Å²) < 4.78 is 14.3. The van der Waals surface area contributed by atoms with Crippen LogP contribution in [0.5, 0.6) is 0 Å². The number of halogens is 2. The molecule has 20 heavy (non-hydrogen) atoms. The highest BCUT2D eigenvalue weighted by Gasteiger charge is 2.05. The Morgan fingerprint density at radius 2 is 1.95 bits per heavy atom. The Hall–Kier alpha value is -1.88. The van der Waals surface area contributed by atoms with Crippen molar-refractivity contribution in [2.45, 2.75) is 6.42 Å². The summed E-state index contributed by atoms with van der Waals surface area (Å²) in [5, 5.41) is 5.17. The van der Waals surface area contributed by atoms with E-state index < -0.39 is 11.8 Å². The standard InChI is InChI=1S/C15H14BrFN2O/c16-12-5-3-4-11(10-12)8-9-18-15(20)19-14-7-2-1-6-13(14)17/h1-7,10H,8-9H2,(H2,18,19,20). The van der Waals surface area contributed by atoms with Gasteiger partial charge < -0.3 is 10.6 Å². The topological polar surface area (TPSA) is 41.1 Å². The minimum atomic E-state index is -0.449. The molecule has 0 heterocycles. The normalized spacial score (nSPS) is 10.1. The molecule has 2 aromatic rings. The summed E-state index contributed by atoms with van der Waals surface area (Å²) in [6, 6.07) is 13.5. The molecule has 0 fully saturated rings. The van der Waals surface area contributed by atoms with Gasteiger partial charge in [-0.3, -0.25) is 0 Å². The number of urea groups is 1. The average molecular weight is 337 g/mol. The summed E-state index contributed by atoms with van der Waals surface area (Å²) in [5.41, 5.74) is 1.29. The van der Waals surface area contributed by atoms with E-state index in [1.54, 1.807) is 12.1 Å². The lowest BCUT2D eigenvalue weighted by Gasteiger charge is -2.08. The van der Waals surface area contributed by atoms with Gasteiger partial charge in [0.2, 0.25) is 0 Å². The van der Waals surface area contributed by atoms with Crippen molar-refractivity contribution in [1.29, 1.82) is 0 Å². The van der Waals surface area contributed by atoms with E-state index in [9.17, 15) is 9.18 Å². The number of nitrogens with one attached hydrogen (secondary N) is 2. The molecule has 0 aliphatic rings. The van der Waals surface area contributed by atoms with Crippen LogP contribution in [-0.2, 0) is 6.42 Å². The number of anilines is 1. The number of carbonyl (C=O) groups is 1. The van der Waals surface area contributed by atoms with Crippen LogP contribution in [0.1, 0.15) is 5.56 Å².